The number of carbonyl (C=O) groups is 1. The van der Waals surface area contributed by atoms with Gasteiger partial charge < -0.3 is 9.47 Å². The second kappa shape index (κ2) is 10.0. The molecule has 7 heteroatoms. The number of benzene rings is 1. The zero-order chi connectivity index (χ0) is 20.7. The van der Waals surface area contributed by atoms with Crippen LogP contribution in [0.3, 0.4) is 0 Å². The molecule has 1 unspecified atom stereocenters. The van der Waals surface area contributed by atoms with Gasteiger partial charge in [0.1, 0.15) is 6.61 Å². The van der Waals surface area contributed by atoms with E-state index in [2.05, 4.69) is 37.8 Å². The molecule has 1 aromatic heterocycles. The molecule has 0 fully saturated rings. The topological polar surface area (TPSA) is 66.2 Å². The molecular weight excluding hydrogens is 378 g/mol. The minimum atomic E-state index is -0.112. The summed E-state index contributed by atoms with van der Waals surface area (Å²) < 4.78 is 12.2. The number of aromatic nitrogens is 3. The normalized spacial score (nSPS) is 12.8. The lowest BCUT2D eigenvalue weighted by atomic mass is 9.84. The maximum absolute atomic E-state index is 13.0. The van der Waals surface area contributed by atoms with E-state index in [0.717, 1.165) is 12.0 Å². The van der Waals surface area contributed by atoms with Crippen LogP contribution in [-0.4, -0.2) is 40.5 Å². The number of carbonyl (C=O) groups excluding carboxylic acids is 1. The standard InChI is InChI=1S/C21H30ClN3O3/c1-6-27-10-11-28-20-23-19(16-8-7-9-17(22)13-16)25(24-20)18(26)12-15(2)14-21(3,4)5/h7-9,13,15H,6,10-12,14H2,1-5H3. The molecule has 0 aliphatic carbocycles. The quantitative estimate of drug-likeness (QED) is 0.540. The first-order valence-corrected chi connectivity index (χ1v) is 10.0. The van der Waals surface area contributed by atoms with Gasteiger partial charge in [0.25, 0.3) is 0 Å². The molecule has 6 nitrogen and oxygen atoms in total. The van der Waals surface area contributed by atoms with Crippen molar-refractivity contribution in [1.29, 1.82) is 0 Å². The van der Waals surface area contributed by atoms with Crippen molar-refractivity contribution in [3.63, 3.8) is 0 Å². The summed E-state index contributed by atoms with van der Waals surface area (Å²) in [6.07, 6.45) is 1.32. The van der Waals surface area contributed by atoms with E-state index in [9.17, 15) is 4.79 Å². The number of hydrogen-bond donors (Lipinski definition) is 0. The smallest absolute Gasteiger partial charge is 0.336 e. The summed E-state index contributed by atoms with van der Waals surface area (Å²) >= 11 is 6.12. The third kappa shape index (κ3) is 6.91. The fourth-order valence-electron chi connectivity index (χ4n) is 3.18. The first kappa shape index (κ1) is 22.4. The maximum Gasteiger partial charge on any atom is 0.336 e. The Bertz CT molecular complexity index is 783. The lowest BCUT2D eigenvalue weighted by molar-refractivity contribution is 0.0852. The van der Waals surface area contributed by atoms with Crippen molar-refractivity contribution >= 4 is 17.5 Å². The lowest BCUT2D eigenvalue weighted by Crippen LogP contribution is -2.20. The highest BCUT2D eigenvalue weighted by Gasteiger charge is 2.23. The van der Waals surface area contributed by atoms with Gasteiger partial charge in [0.05, 0.1) is 6.61 Å². The van der Waals surface area contributed by atoms with Crippen LogP contribution in [-0.2, 0) is 4.74 Å². The van der Waals surface area contributed by atoms with Crippen LogP contribution in [0.4, 0.5) is 0 Å². The lowest BCUT2D eigenvalue weighted by Gasteiger charge is -2.22. The summed E-state index contributed by atoms with van der Waals surface area (Å²) in [5.41, 5.74) is 0.877. The highest BCUT2D eigenvalue weighted by atomic mass is 35.5. The van der Waals surface area contributed by atoms with E-state index in [1.807, 2.05) is 19.1 Å². The van der Waals surface area contributed by atoms with E-state index in [-0.39, 0.29) is 23.3 Å². The predicted molar refractivity (Wildman–Crippen MR) is 111 cm³/mol. The Hall–Kier alpha value is -1.92. The molecule has 0 amide bonds. The highest BCUT2D eigenvalue weighted by Crippen LogP contribution is 2.28. The van der Waals surface area contributed by atoms with Gasteiger partial charge in [-0.05, 0) is 36.8 Å². The van der Waals surface area contributed by atoms with Crippen molar-refractivity contribution < 1.29 is 14.3 Å². The first-order chi connectivity index (χ1) is 13.2. The number of rotatable bonds is 9. The van der Waals surface area contributed by atoms with Crippen molar-refractivity contribution in [2.75, 3.05) is 19.8 Å². The second-order valence-electron chi connectivity index (χ2n) is 8.15. The van der Waals surface area contributed by atoms with Gasteiger partial charge in [0.15, 0.2) is 5.82 Å². The average molecular weight is 408 g/mol. The van der Waals surface area contributed by atoms with Crippen LogP contribution in [0.15, 0.2) is 24.3 Å². The molecule has 0 saturated carbocycles. The summed E-state index contributed by atoms with van der Waals surface area (Å²) in [7, 11) is 0. The van der Waals surface area contributed by atoms with Crippen LogP contribution in [0.25, 0.3) is 11.4 Å². The van der Waals surface area contributed by atoms with Gasteiger partial charge >= 0.3 is 6.01 Å². The zero-order valence-corrected chi connectivity index (χ0v) is 18.1. The van der Waals surface area contributed by atoms with E-state index in [4.69, 9.17) is 21.1 Å². The number of hydrogen-bond acceptors (Lipinski definition) is 5. The fourth-order valence-corrected chi connectivity index (χ4v) is 3.37. The molecule has 1 aromatic carbocycles. The monoisotopic (exact) mass is 407 g/mol. The molecule has 0 aliphatic heterocycles. The summed E-state index contributed by atoms with van der Waals surface area (Å²) in [4.78, 5) is 17.4. The third-order valence-electron chi connectivity index (χ3n) is 4.05. The average Bonchev–Trinajstić information content (AvgIpc) is 3.01. The molecule has 0 N–H and O–H groups in total. The van der Waals surface area contributed by atoms with Gasteiger partial charge in [0, 0.05) is 23.6 Å². The summed E-state index contributed by atoms with van der Waals surface area (Å²) in [6, 6.07) is 7.36. The summed E-state index contributed by atoms with van der Waals surface area (Å²) in [6.45, 7) is 11.9. The number of nitrogens with zero attached hydrogens (tertiary/aromatic N) is 3. The Balaban J connectivity index is 2.24. The van der Waals surface area contributed by atoms with Crippen molar-refractivity contribution in [3.8, 4) is 17.4 Å². The van der Waals surface area contributed by atoms with Gasteiger partial charge in [-0.25, -0.2) is 0 Å². The molecule has 0 radical (unpaired) electrons. The number of ether oxygens (including phenoxy) is 2. The van der Waals surface area contributed by atoms with Crippen LogP contribution >= 0.6 is 11.6 Å². The molecule has 0 aliphatic rings. The highest BCUT2D eigenvalue weighted by molar-refractivity contribution is 6.30. The van der Waals surface area contributed by atoms with Crippen LogP contribution in [0.1, 0.15) is 52.3 Å². The summed E-state index contributed by atoms with van der Waals surface area (Å²) in [5.74, 6) is 0.548. The van der Waals surface area contributed by atoms with Crippen molar-refractivity contribution in [3.05, 3.63) is 29.3 Å². The van der Waals surface area contributed by atoms with E-state index >= 15 is 0 Å². The molecular formula is C21H30ClN3O3. The van der Waals surface area contributed by atoms with Gasteiger partial charge in [-0.3, -0.25) is 4.79 Å². The van der Waals surface area contributed by atoms with Crippen molar-refractivity contribution in [2.24, 2.45) is 11.3 Å². The molecule has 0 saturated heterocycles. The molecule has 0 spiro atoms. The molecule has 154 valence electrons. The molecule has 1 atom stereocenters. The molecule has 0 bridgehead atoms. The van der Waals surface area contributed by atoms with Crippen molar-refractivity contribution in [2.45, 2.75) is 47.5 Å². The Morgan fingerprint density at radius 2 is 2.04 bits per heavy atom. The van der Waals surface area contributed by atoms with Crippen LogP contribution in [0.5, 0.6) is 6.01 Å². The van der Waals surface area contributed by atoms with Gasteiger partial charge in [-0.1, -0.05) is 51.4 Å². The van der Waals surface area contributed by atoms with E-state index in [0.29, 0.717) is 37.1 Å². The molecule has 1 heterocycles. The van der Waals surface area contributed by atoms with E-state index in [1.54, 1.807) is 12.1 Å². The van der Waals surface area contributed by atoms with Gasteiger partial charge in [0.2, 0.25) is 5.91 Å². The van der Waals surface area contributed by atoms with Crippen LogP contribution < -0.4 is 4.74 Å². The zero-order valence-electron chi connectivity index (χ0n) is 17.4. The Morgan fingerprint density at radius 3 is 2.68 bits per heavy atom. The SMILES string of the molecule is CCOCCOc1nc(-c2cccc(Cl)c2)n(C(=O)CC(C)CC(C)(C)C)n1. The van der Waals surface area contributed by atoms with E-state index < -0.39 is 0 Å². The first-order valence-electron chi connectivity index (χ1n) is 9.66. The third-order valence-corrected chi connectivity index (χ3v) is 4.29. The van der Waals surface area contributed by atoms with Gasteiger partial charge in [-0.2, -0.15) is 9.67 Å². The van der Waals surface area contributed by atoms with Crippen molar-refractivity contribution in [1.82, 2.24) is 14.8 Å². The minimum absolute atomic E-state index is 0.112. The van der Waals surface area contributed by atoms with Crippen LogP contribution in [0, 0.1) is 11.3 Å². The summed E-state index contributed by atoms with van der Waals surface area (Å²) in [5, 5.41) is 4.87. The predicted octanol–water partition coefficient (Wildman–Crippen LogP) is 5.12. The fraction of sp³-hybridized carbons (Fsp3) is 0.571. The molecule has 2 aromatic rings. The van der Waals surface area contributed by atoms with Gasteiger partial charge in [-0.15, -0.1) is 5.10 Å². The van der Waals surface area contributed by atoms with E-state index in [1.165, 1.54) is 4.68 Å². The maximum atomic E-state index is 13.0. The largest absolute Gasteiger partial charge is 0.460 e. The second-order valence-corrected chi connectivity index (χ2v) is 8.59. The Kier molecular flexibility index (Phi) is 8.01. The molecule has 28 heavy (non-hydrogen) atoms. The molecule has 2 rings (SSSR count). The Labute approximate surface area is 172 Å². The minimum Gasteiger partial charge on any atom is -0.460 e. The van der Waals surface area contributed by atoms with Crippen LogP contribution in [0.2, 0.25) is 5.02 Å². The number of halogens is 1. The Morgan fingerprint density at radius 1 is 1.29 bits per heavy atom.